The molecule has 0 fully saturated rings. The van der Waals surface area contributed by atoms with Crippen LogP contribution in [0.3, 0.4) is 0 Å². The van der Waals surface area contributed by atoms with E-state index in [9.17, 15) is 4.79 Å². The molecule has 0 unspecified atom stereocenters. The largest absolute Gasteiger partial charge is 0.310 e. The lowest BCUT2D eigenvalue weighted by atomic mass is 10.1. The van der Waals surface area contributed by atoms with E-state index in [0.29, 0.717) is 5.56 Å². The highest BCUT2D eigenvalue weighted by molar-refractivity contribution is 5.81. The van der Waals surface area contributed by atoms with Crippen molar-refractivity contribution in [1.82, 2.24) is 0 Å². The first-order chi connectivity index (χ1) is 11.8. The summed E-state index contributed by atoms with van der Waals surface area (Å²) in [5.74, 6) is 0. The third kappa shape index (κ3) is 3.90. The molecule has 0 bridgehead atoms. The van der Waals surface area contributed by atoms with Crippen LogP contribution in [0.4, 0.5) is 17.1 Å². The van der Waals surface area contributed by atoms with E-state index in [1.807, 2.05) is 68.4 Å². The van der Waals surface area contributed by atoms with Gasteiger partial charge in [0, 0.05) is 22.6 Å². The summed E-state index contributed by atoms with van der Waals surface area (Å²) < 4.78 is 0. The Kier molecular flexibility index (Phi) is 6.32. The average molecular weight is 317 g/mol. The van der Waals surface area contributed by atoms with Gasteiger partial charge in [0.1, 0.15) is 6.29 Å². The maximum atomic E-state index is 10.9. The zero-order valence-electron chi connectivity index (χ0n) is 14.4. The number of rotatable bonds is 4. The van der Waals surface area contributed by atoms with Gasteiger partial charge in [-0.1, -0.05) is 50.2 Å². The van der Waals surface area contributed by atoms with E-state index in [1.54, 1.807) is 0 Å². The molecule has 0 aliphatic carbocycles. The standard InChI is InChI=1S/C20H17NO.C2H6/c1-16-7-5-6-10-20(16)21(18-8-3-2-4-9-18)19-13-11-17(15-22)12-14-19;1-2/h2-15H,1H3;1-2H3. The zero-order valence-corrected chi connectivity index (χ0v) is 14.4. The Bertz CT molecular complexity index is 763. The monoisotopic (exact) mass is 317 g/mol. The highest BCUT2D eigenvalue weighted by Gasteiger charge is 2.13. The van der Waals surface area contributed by atoms with E-state index in [4.69, 9.17) is 0 Å². The molecule has 0 aliphatic rings. The van der Waals surface area contributed by atoms with Crippen LogP contribution < -0.4 is 4.90 Å². The molecule has 0 aliphatic heterocycles. The summed E-state index contributed by atoms with van der Waals surface area (Å²) in [5.41, 5.74) is 5.14. The van der Waals surface area contributed by atoms with Crippen molar-refractivity contribution in [3.8, 4) is 0 Å². The summed E-state index contributed by atoms with van der Waals surface area (Å²) >= 11 is 0. The molecule has 3 aromatic rings. The molecular weight excluding hydrogens is 294 g/mol. The maximum Gasteiger partial charge on any atom is 0.150 e. The number of benzene rings is 3. The molecule has 2 nitrogen and oxygen atoms in total. The van der Waals surface area contributed by atoms with Crippen LogP contribution in [-0.2, 0) is 0 Å². The Morgan fingerprint density at radius 3 is 1.83 bits per heavy atom. The van der Waals surface area contributed by atoms with Gasteiger partial charge in [0.15, 0.2) is 0 Å². The number of para-hydroxylation sites is 2. The molecule has 0 spiro atoms. The number of carbonyl (C=O) groups is 1. The van der Waals surface area contributed by atoms with Crippen LogP contribution in [0.25, 0.3) is 0 Å². The quantitative estimate of drug-likeness (QED) is 0.526. The molecule has 0 N–H and O–H groups in total. The number of anilines is 3. The minimum absolute atomic E-state index is 0.682. The molecule has 0 aromatic heterocycles. The Hall–Kier alpha value is -2.87. The first-order valence-corrected chi connectivity index (χ1v) is 8.25. The summed E-state index contributed by atoms with van der Waals surface area (Å²) in [6.45, 7) is 6.10. The molecule has 24 heavy (non-hydrogen) atoms. The van der Waals surface area contributed by atoms with Crippen molar-refractivity contribution >= 4 is 23.3 Å². The van der Waals surface area contributed by atoms with Gasteiger partial charge in [0.2, 0.25) is 0 Å². The summed E-state index contributed by atoms with van der Waals surface area (Å²) in [6, 6.07) is 26.2. The molecule has 0 heterocycles. The summed E-state index contributed by atoms with van der Waals surface area (Å²) in [4.78, 5) is 13.1. The van der Waals surface area contributed by atoms with Gasteiger partial charge in [-0.3, -0.25) is 4.79 Å². The minimum Gasteiger partial charge on any atom is -0.310 e. The van der Waals surface area contributed by atoms with Crippen LogP contribution in [-0.4, -0.2) is 6.29 Å². The van der Waals surface area contributed by atoms with Crippen LogP contribution in [0, 0.1) is 6.92 Å². The molecule has 2 heteroatoms. The first-order valence-electron chi connectivity index (χ1n) is 8.25. The van der Waals surface area contributed by atoms with Crippen molar-refractivity contribution in [2.75, 3.05) is 4.90 Å². The molecule has 3 rings (SSSR count). The Morgan fingerprint density at radius 1 is 0.708 bits per heavy atom. The summed E-state index contributed by atoms with van der Waals surface area (Å²) in [7, 11) is 0. The number of nitrogens with zero attached hydrogens (tertiary/aromatic N) is 1. The molecule has 122 valence electrons. The Labute approximate surface area is 144 Å². The lowest BCUT2D eigenvalue weighted by molar-refractivity contribution is 0.112. The Morgan fingerprint density at radius 2 is 1.25 bits per heavy atom. The van der Waals surface area contributed by atoms with E-state index in [2.05, 4.69) is 36.1 Å². The van der Waals surface area contributed by atoms with Crippen molar-refractivity contribution in [3.05, 3.63) is 90.0 Å². The van der Waals surface area contributed by atoms with Crippen molar-refractivity contribution in [3.63, 3.8) is 0 Å². The highest BCUT2D eigenvalue weighted by atomic mass is 16.1. The maximum absolute atomic E-state index is 10.9. The third-order valence-electron chi connectivity index (χ3n) is 3.66. The van der Waals surface area contributed by atoms with Gasteiger partial charge in [-0.25, -0.2) is 0 Å². The summed E-state index contributed by atoms with van der Waals surface area (Å²) in [6.07, 6.45) is 0.865. The van der Waals surface area contributed by atoms with Gasteiger partial charge in [-0.2, -0.15) is 0 Å². The van der Waals surface area contributed by atoms with Gasteiger partial charge in [0.25, 0.3) is 0 Å². The predicted octanol–water partition coefficient (Wildman–Crippen LogP) is 6.30. The lowest BCUT2D eigenvalue weighted by Crippen LogP contribution is -2.11. The molecule has 0 radical (unpaired) electrons. The molecule has 0 amide bonds. The smallest absolute Gasteiger partial charge is 0.150 e. The average Bonchev–Trinajstić information content (AvgIpc) is 2.67. The number of aldehydes is 1. The van der Waals surface area contributed by atoms with Gasteiger partial charge in [0.05, 0.1) is 0 Å². The molecule has 3 aromatic carbocycles. The summed E-state index contributed by atoms with van der Waals surface area (Å²) in [5, 5.41) is 0. The Balaban J connectivity index is 0.00000100. The van der Waals surface area contributed by atoms with Crippen molar-refractivity contribution < 1.29 is 4.79 Å². The van der Waals surface area contributed by atoms with E-state index < -0.39 is 0 Å². The van der Waals surface area contributed by atoms with Crippen LogP contribution in [0.5, 0.6) is 0 Å². The number of hydrogen-bond acceptors (Lipinski definition) is 2. The van der Waals surface area contributed by atoms with Gasteiger partial charge < -0.3 is 4.90 Å². The van der Waals surface area contributed by atoms with Crippen molar-refractivity contribution in [1.29, 1.82) is 0 Å². The molecule has 0 saturated heterocycles. The zero-order chi connectivity index (χ0) is 17.4. The van der Waals surface area contributed by atoms with Crippen molar-refractivity contribution in [2.24, 2.45) is 0 Å². The molecular formula is C22H23NO. The van der Waals surface area contributed by atoms with Crippen LogP contribution >= 0.6 is 0 Å². The fraction of sp³-hybridized carbons (Fsp3) is 0.136. The topological polar surface area (TPSA) is 20.3 Å². The van der Waals surface area contributed by atoms with E-state index >= 15 is 0 Å². The van der Waals surface area contributed by atoms with Crippen LogP contribution in [0.2, 0.25) is 0 Å². The number of hydrogen-bond donors (Lipinski definition) is 0. The first kappa shape index (κ1) is 17.5. The molecule has 0 atom stereocenters. The fourth-order valence-electron chi connectivity index (χ4n) is 2.52. The van der Waals surface area contributed by atoms with Gasteiger partial charge >= 0.3 is 0 Å². The molecule has 0 saturated carbocycles. The predicted molar refractivity (Wildman–Crippen MR) is 103 cm³/mol. The third-order valence-corrected chi connectivity index (χ3v) is 3.66. The normalized spacial score (nSPS) is 9.62. The highest BCUT2D eigenvalue weighted by Crippen LogP contribution is 2.35. The van der Waals surface area contributed by atoms with Crippen LogP contribution in [0.15, 0.2) is 78.9 Å². The number of carbonyl (C=O) groups excluding carboxylic acids is 1. The van der Waals surface area contributed by atoms with E-state index in [-0.39, 0.29) is 0 Å². The number of aryl methyl sites for hydroxylation is 1. The minimum atomic E-state index is 0.682. The van der Waals surface area contributed by atoms with Crippen molar-refractivity contribution in [2.45, 2.75) is 20.8 Å². The second-order valence-corrected chi connectivity index (χ2v) is 5.17. The SMILES string of the molecule is CC.Cc1ccccc1N(c1ccccc1)c1ccc(C=O)cc1. The van der Waals surface area contributed by atoms with Crippen LogP contribution in [0.1, 0.15) is 29.8 Å². The van der Waals surface area contributed by atoms with E-state index in [0.717, 1.165) is 23.3 Å². The lowest BCUT2D eigenvalue weighted by Gasteiger charge is -2.27. The van der Waals surface area contributed by atoms with Gasteiger partial charge in [-0.15, -0.1) is 0 Å². The second-order valence-electron chi connectivity index (χ2n) is 5.17. The fourth-order valence-corrected chi connectivity index (χ4v) is 2.52. The second kappa shape index (κ2) is 8.68. The van der Waals surface area contributed by atoms with Gasteiger partial charge in [-0.05, 0) is 55.0 Å². The van der Waals surface area contributed by atoms with E-state index in [1.165, 1.54) is 5.56 Å².